The minimum atomic E-state index is -3.81. The van der Waals surface area contributed by atoms with E-state index < -0.39 is 22.0 Å². The van der Waals surface area contributed by atoms with Gasteiger partial charge in [0.05, 0.1) is 4.90 Å². The van der Waals surface area contributed by atoms with Crippen LogP contribution in [0, 0.1) is 5.92 Å². The summed E-state index contributed by atoms with van der Waals surface area (Å²) < 4.78 is 26.4. The second-order valence-corrected chi connectivity index (χ2v) is 6.39. The van der Waals surface area contributed by atoms with Gasteiger partial charge in [-0.15, -0.1) is 0 Å². The summed E-state index contributed by atoms with van der Waals surface area (Å²) in [5.41, 5.74) is 1.03. The highest BCUT2D eigenvalue weighted by atomic mass is 32.2. The first-order valence-corrected chi connectivity index (χ1v) is 7.60. The van der Waals surface area contributed by atoms with Crippen LogP contribution in [0.15, 0.2) is 29.2 Å². The van der Waals surface area contributed by atoms with E-state index in [0.717, 1.165) is 12.0 Å². The van der Waals surface area contributed by atoms with Crippen LogP contribution in [0.3, 0.4) is 0 Å². The SMILES string of the molecule is CCc1ccc(S(=O)(=O)NC(C(=O)O)C(C)C)cc1. The molecule has 1 rings (SSSR count). The van der Waals surface area contributed by atoms with Gasteiger partial charge in [-0.2, -0.15) is 4.72 Å². The van der Waals surface area contributed by atoms with Gasteiger partial charge < -0.3 is 5.11 Å². The molecule has 0 aliphatic heterocycles. The molecule has 0 aromatic heterocycles. The van der Waals surface area contributed by atoms with Gasteiger partial charge in [-0.25, -0.2) is 8.42 Å². The van der Waals surface area contributed by atoms with Crippen LogP contribution < -0.4 is 4.72 Å². The van der Waals surface area contributed by atoms with Crippen LogP contribution in [0.1, 0.15) is 26.3 Å². The maximum atomic E-state index is 12.1. The Morgan fingerprint density at radius 1 is 1.26 bits per heavy atom. The number of carbonyl (C=O) groups is 1. The summed E-state index contributed by atoms with van der Waals surface area (Å²) in [5.74, 6) is -1.51. The molecule has 106 valence electrons. The molecule has 5 nitrogen and oxygen atoms in total. The average Bonchev–Trinajstić information content (AvgIpc) is 2.35. The van der Waals surface area contributed by atoms with Crippen molar-refractivity contribution in [2.75, 3.05) is 0 Å². The molecule has 0 saturated carbocycles. The Hall–Kier alpha value is -1.40. The van der Waals surface area contributed by atoms with Gasteiger partial charge in [-0.05, 0) is 30.0 Å². The Kier molecular flexibility index (Phi) is 5.08. The second kappa shape index (κ2) is 6.16. The molecule has 1 aromatic carbocycles. The van der Waals surface area contributed by atoms with Crippen molar-refractivity contribution >= 4 is 16.0 Å². The third kappa shape index (κ3) is 4.04. The number of aliphatic carboxylic acids is 1. The van der Waals surface area contributed by atoms with Crippen molar-refractivity contribution in [1.82, 2.24) is 4.72 Å². The molecule has 0 aliphatic carbocycles. The normalized spacial score (nSPS) is 13.5. The van der Waals surface area contributed by atoms with E-state index in [2.05, 4.69) is 4.72 Å². The van der Waals surface area contributed by atoms with E-state index in [-0.39, 0.29) is 10.8 Å². The molecular weight excluding hydrogens is 266 g/mol. The van der Waals surface area contributed by atoms with E-state index in [1.807, 2.05) is 6.92 Å². The number of benzene rings is 1. The third-order valence-electron chi connectivity index (χ3n) is 2.86. The summed E-state index contributed by atoms with van der Waals surface area (Å²) in [6, 6.07) is 5.29. The van der Waals surface area contributed by atoms with E-state index in [1.54, 1.807) is 26.0 Å². The van der Waals surface area contributed by atoms with Crippen molar-refractivity contribution in [2.45, 2.75) is 38.1 Å². The Bertz CT molecular complexity index is 534. The van der Waals surface area contributed by atoms with Gasteiger partial charge in [0.15, 0.2) is 0 Å². The summed E-state index contributed by atoms with van der Waals surface area (Å²) in [5, 5.41) is 9.01. The molecule has 0 heterocycles. The van der Waals surface area contributed by atoms with Crippen LogP contribution in [0.5, 0.6) is 0 Å². The molecule has 1 aromatic rings. The molecule has 0 amide bonds. The first kappa shape index (κ1) is 15.7. The predicted molar refractivity (Wildman–Crippen MR) is 72.4 cm³/mol. The van der Waals surface area contributed by atoms with E-state index in [9.17, 15) is 13.2 Å². The summed E-state index contributed by atoms with van der Waals surface area (Å²) in [7, 11) is -3.81. The molecule has 0 saturated heterocycles. The highest BCUT2D eigenvalue weighted by Gasteiger charge is 2.27. The summed E-state index contributed by atoms with van der Waals surface area (Å²) >= 11 is 0. The smallest absolute Gasteiger partial charge is 0.322 e. The lowest BCUT2D eigenvalue weighted by molar-refractivity contribution is -0.140. The number of aryl methyl sites for hydroxylation is 1. The maximum Gasteiger partial charge on any atom is 0.322 e. The highest BCUT2D eigenvalue weighted by Crippen LogP contribution is 2.13. The van der Waals surface area contributed by atoms with Crippen LogP contribution in [0.2, 0.25) is 0 Å². The van der Waals surface area contributed by atoms with Gasteiger partial charge in [0.1, 0.15) is 6.04 Å². The maximum absolute atomic E-state index is 12.1. The summed E-state index contributed by atoms with van der Waals surface area (Å²) in [4.78, 5) is 11.1. The summed E-state index contributed by atoms with van der Waals surface area (Å²) in [6.45, 7) is 5.28. The number of hydrogen-bond acceptors (Lipinski definition) is 3. The molecule has 0 aliphatic rings. The van der Waals surface area contributed by atoms with Gasteiger partial charge in [0, 0.05) is 0 Å². The van der Waals surface area contributed by atoms with Crippen molar-refractivity contribution < 1.29 is 18.3 Å². The van der Waals surface area contributed by atoms with Crippen LogP contribution in [0.25, 0.3) is 0 Å². The van der Waals surface area contributed by atoms with Crippen LogP contribution in [-0.4, -0.2) is 25.5 Å². The zero-order valence-corrected chi connectivity index (χ0v) is 12.1. The predicted octanol–water partition coefficient (Wildman–Crippen LogP) is 1.64. The lowest BCUT2D eigenvalue weighted by Gasteiger charge is -2.18. The van der Waals surface area contributed by atoms with Crippen LogP contribution in [0.4, 0.5) is 0 Å². The number of nitrogens with one attached hydrogen (secondary N) is 1. The molecule has 1 atom stereocenters. The fraction of sp³-hybridized carbons (Fsp3) is 0.462. The van der Waals surface area contributed by atoms with Gasteiger partial charge in [0.2, 0.25) is 10.0 Å². The highest BCUT2D eigenvalue weighted by molar-refractivity contribution is 7.89. The van der Waals surface area contributed by atoms with Crippen molar-refractivity contribution in [1.29, 1.82) is 0 Å². The van der Waals surface area contributed by atoms with Crippen LogP contribution >= 0.6 is 0 Å². The minimum Gasteiger partial charge on any atom is -0.480 e. The standard InChI is InChI=1S/C13H19NO4S/c1-4-10-5-7-11(8-6-10)19(17,18)14-12(9(2)3)13(15)16/h5-9,12,14H,4H2,1-3H3,(H,15,16). The van der Waals surface area contributed by atoms with Crippen molar-refractivity contribution in [3.05, 3.63) is 29.8 Å². The number of carboxylic acids is 1. The van der Waals surface area contributed by atoms with Gasteiger partial charge in [-0.3, -0.25) is 4.79 Å². The third-order valence-corrected chi connectivity index (χ3v) is 4.31. The fourth-order valence-corrected chi connectivity index (χ4v) is 2.95. The Labute approximate surface area is 113 Å². The Balaban J connectivity index is 2.99. The first-order valence-electron chi connectivity index (χ1n) is 6.12. The zero-order valence-electron chi connectivity index (χ0n) is 11.3. The largest absolute Gasteiger partial charge is 0.480 e. The number of hydrogen-bond donors (Lipinski definition) is 2. The number of rotatable bonds is 6. The molecule has 0 spiro atoms. The molecule has 19 heavy (non-hydrogen) atoms. The van der Waals surface area contributed by atoms with Gasteiger partial charge in [0.25, 0.3) is 0 Å². The molecule has 6 heteroatoms. The average molecular weight is 285 g/mol. The van der Waals surface area contributed by atoms with E-state index >= 15 is 0 Å². The number of carboxylic acid groups (broad SMARTS) is 1. The number of sulfonamides is 1. The quantitative estimate of drug-likeness (QED) is 0.832. The second-order valence-electron chi connectivity index (χ2n) is 4.68. The van der Waals surface area contributed by atoms with Gasteiger partial charge in [-0.1, -0.05) is 32.9 Å². The Morgan fingerprint density at radius 3 is 2.16 bits per heavy atom. The lowest BCUT2D eigenvalue weighted by atomic mass is 10.1. The van der Waals surface area contributed by atoms with Crippen molar-refractivity contribution in [3.63, 3.8) is 0 Å². The molecule has 0 fully saturated rings. The van der Waals surface area contributed by atoms with E-state index in [1.165, 1.54) is 12.1 Å². The van der Waals surface area contributed by atoms with Crippen LogP contribution in [-0.2, 0) is 21.2 Å². The molecular formula is C13H19NO4S. The minimum absolute atomic E-state index is 0.0802. The molecule has 0 radical (unpaired) electrons. The first-order chi connectivity index (χ1) is 8.77. The zero-order chi connectivity index (χ0) is 14.6. The summed E-state index contributed by atoms with van der Waals surface area (Å²) in [6.07, 6.45) is 0.817. The van der Waals surface area contributed by atoms with Crippen molar-refractivity contribution in [2.24, 2.45) is 5.92 Å². The monoisotopic (exact) mass is 285 g/mol. The molecule has 0 bridgehead atoms. The lowest BCUT2D eigenvalue weighted by Crippen LogP contribution is -2.44. The van der Waals surface area contributed by atoms with E-state index in [0.29, 0.717) is 0 Å². The Morgan fingerprint density at radius 2 is 1.79 bits per heavy atom. The molecule has 2 N–H and O–H groups in total. The fourth-order valence-electron chi connectivity index (χ4n) is 1.61. The molecule has 1 unspecified atom stereocenters. The van der Waals surface area contributed by atoms with Crippen molar-refractivity contribution in [3.8, 4) is 0 Å². The topological polar surface area (TPSA) is 83.5 Å². The van der Waals surface area contributed by atoms with Gasteiger partial charge >= 0.3 is 5.97 Å². The van der Waals surface area contributed by atoms with E-state index in [4.69, 9.17) is 5.11 Å².